The van der Waals surface area contributed by atoms with E-state index in [1.54, 1.807) is 0 Å². The predicted molar refractivity (Wildman–Crippen MR) is 73.0 cm³/mol. The topological polar surface area (TPSA) is 30.9 Å². The molecule has 104 valence electrons. The first-order chi connectivity index (χ1) is 8.10. The molecule has 0 spiro atoms. The van der Waals surface area contributed by atoms with Crippen molar-refractivity contribution in [1.29, 1.82) is 0 Å². The zero-order valence-corrected chi connectivity index (χ0v) is 13.1. The van der Waals surface area contributed by atoms with Gasteiger partial charge in [-0.2, -0.15) is 0 Å². The standard InChI is InChI=1S/C12H29NO3Si/c1-6-9-14-17(12-13(4)5,15-10-7-2)16-11-8-3/h6-12H2,1-5H3. The Hall–Kier alpha value is 0.0569. The zero-order chi connectivity index (χ0) is 13.1. The molecule has 0 unspecified atom stereocenters. The molecule has 5 heteroatoms. The molecule has 0 heterocycles. The van der Waals surface area contributed by atoms with Crippen molar-refractivity contribution >= 4 is 8.80 Å². The molecule has 17 heavy (non-hydrogen) atoms. The van der Waals surface area contributed by atoms with Gasteiger partial charge in [0, 0.05) is 19.8 Å². The number of nitrogens with zero attached hydrogens (tertiary/aromatic N) is 1. The van der Waals surface area contributed by atoms with E-state index in [-0.39, 0.29) is 0 Å². The van der Waals surface area contributed by atoms with Crippen LogP contribution >= 0.6 is 0 Å². The van der Waals surface area contributed by atoms with Gasteiger partial charge in [0.2, 0.25) is 0 Å². The van der Waals surface area contributed by atoms with Gasteiger partial charge in [-0.25, -0.2) is 0 Å². The lowest BCUT2D eigenvalue weighted by Crippen LogP contribution is -2.54. The maximum atomic E-state index is 5.95. The second-order valence-electron chi connectivity index (χ2n) is 4.47. The molecule has 0 aromatic carbocycles. The maximum Gasteiger partial charge on any atom is 0.515 e. The summed E-state index contributed by atoms with van der Waals surface area (Å²) < 4.78 is 17.8. The second kappa shape index (κ2) is 10.0. The Morgan fingerprint density at radius 3 is 1.35 bits per heavy atom. The fourth-order valence-corrected chi connectivity index (χ4v) is 4.27. The minimum Gasteiger partial charge on any atom is -0.373 e. The smallest absolute Gasteiger partial charge is 0.373 e. The van der Waals surface area contributed by atoms with Crippen LogP contribution in [0.2, 0.25) is 0 Å². The minimum absolute atomic E-state index is 0.716. The van der Waals surface area contributed by atoms with Crippen molar-refractivity contribution in [1.82, 2.24) is 4.90 Å². The number of hydrogen-bond donors (Lipinski definition) is 0. The largest absolute Gasteiger partial charge is 0.515 e. The summed E-state index contributed by atoms with van der Waals surface area (Å²) in [5, 5.41) is 0. The fourth-order valence-electron chi connectivity index (χ4n) is 1.42. The van der Waals surface area contributed by atoms with E-state index in [0.717, 1.165) is 25.4 Å². The summed E-state index contributed by atoms with van der Waals surface area (Å²) in [4.78, 5) is 2.09. The van der Waals surface area contributed by atoms with Crippen LogP contribution in [0.5, 0.6) is 0 Å². The highest BCUT2D eigenvalue weighted by Crippen LogP contribution is 2.13. The van der Waals surface area contributed by atoms with Crippen LogP contribution in [0.25, 0.3) is 0 Å². The van der Waals surface area contributed by atoms with Crippen LogP contribution in [0.15, 0.2) is 0 Å². The summed E-state index contributed by atoms with van der Waals surface area (Å²) in [5.74, 6) is 0. The molecule has 0 N–H and O–H groups in total. The molecule has 0 radical (unpaired) electrons. The lowest BCUT2D eigenvalue weighted by atomic mass is 10.5. The molecule has 0 saturated carbocycles. The summed E-state index contributed by atoms with van der Waals surface area (Å²) >= 11 is 0. The lowest BCUT2D eigenvalue weighted by molar-refractivity contribution is 0.0506. The zero-order valence-electron chi connectivity index (χ0n) is 12.1. The summed E-state index contributed by atoms with van der Waals surface area (Å²) in [5.41, 5.74) is 0. The van der Waals surface area contributed by atoms with Gasteiger partial charge in [-0.1, -0.05) is 20.8 Å². The quantitative estimate of drug-likeness (QED) is 0.535. The molecule has 0 aliphatic heterocycles. The van der Waals surface area contributed by atoms with Gasteiger partial charge >= 0.3 is 8.80 Å². The van der Waals surface area contributed by atoms with Gasteiger partial charge in [0.15, 0.2) is 0 Å². The van der Waals surface area contributed by atoms with Crippen LogP contribution in [-0.2, 0) is 13.3 Å². The minimum atomic E-state index is -2.50. The number of hydrogen-bond acceptors (Lipinski definition) is 4. The first-order valence-corrected chi connectivity index (χ1v) is 8.60. The molecule has 0 rings (SSSR count). The molecular weight excluding hydrogens is 234 g/mol. The third-order valence-corrected chi connectivity index (χ3v) is 5.04. The monoisotopic (exact) mass is 263 g/mol. The molecule has 0 aliphatic carbocycles. The molecule has 0 saturated heterocycles. The number of rotatable bonds is 11. The van der Waals surface area contributed by atoms with Gasteiger partial charge in [0.25, 0.3) is 0 Å². The van der Waals surface area contributed by atoms with E-state index in [9.17, 15) is 0 Å². The van der Waals surface area contributed by atoms with Crippen LogP contribution in [0, 0.1) is 0 Å². The van der Waals surface area contributed by atoms with Gasteiger partial charge in [0.05, 0.1) is 6.17 Å². The molecule has 0 bridgehead atoms. The molecule has 0 aliphatic rings. The highest BCUT2D eigenvalue weighted by Gasteiger charge is 2.41. The van der Waals surface area contributed by atoms with Crippen molar-refractivity contribution in [3.05, 3.63) is 0 Å². The average Bonchev–Trinajstić information content (AvgIpc) is 2.30. The van der Waals surface area contributed by atoms with Gasteiger partial charge in [-0.05, 0) is 33.4 Å². The Balaban J connectivity index is 4.51. The van der Waals surface area contributed by atoms with E-state index >= 15 is 0 Å². The Morgan fingerprint density at radius 2 is 1.12 bits per heavy atom. The molecule has 0 aromatic rings. The third-order valence-electron chi connectivity index (χ3n) is 2.09. The summed E-state index contributed by atoms with van der Waals surface area (Å²) in [6, 6.07) is 0. The van der Waals surface area contributed by atoms with E-state index in [1.807, 2.05) is 14.1 Å². The summed E-state index contributed by atoms with van der Waals surface area (Å²) in [6.45, 7) is 8.46. The van der Waals surface area contributed by atoms with Gasteiger partial charge < -0.3 is 18.2 Å². The van der Waals surface area contributed by atoms with Gasteiger partial charge in [0.1, 0.15) is 0 Å². The van der Waals surface area contributed by atoms with Crippen molar-refractivity contribution < 1.29 is 13.3 Å². The van der Waals surface area contributed by atoms with Crippen LogP contribution in [0.4, 0.5) is 0 Å². The maximum absolute atomic E-state index is 5.95. The molecule has 0 amide bonds. The van der Waals surface area contributed by atoms with Crippen LogP contribution in [0.1, 0.15) is 40.0 Å². The SMILES string of the molecule is CCCO[Si](CN(C)C)(OCCC)OCCC. The molecular formula is C12H29NO3Si. The second-order valence-corrected chi connectivity index (χ2v) is 7.01. The van der Waals surface area contributed by atoms with E-state index in [2.05, 4.69) is 25.7 Å². The third kappa shape index (κ3) is 7.89. The highest BCUT2D eigenvalue weighted by atomic mass is 28.4. The molecule has 0 aromatic heterocycles. The van der Waals surface area contributed by atoms with Crippen molar-refractivity contribution in [2.24, 2.45) is 0 Å². The highest BCUT2D eigenvalue weighted by molar-refractivity contribution is 6.60. The van der Waals surface area contributed by atoms with Crippen molar-refractivity contribution in [2.75, 3.05) is 40.1 Å². The van der Waals surface area contributed by atoms with Crippen molar-refractivity contribution in [3.63, 3.8) is 0 Å². The van der Waals surface area contributed by atoms with Crippen LogP contribution in [-0.4, -0.2) is 53.8 Å². The Bertz CT molecular complexity index is 157. The van der Waals surface area contributed by atoms with E-state index in [4.69, 9.17) is 13.3 Å². The van der Waals surface area contributed by atoms with Gasteiger partial charge in [-0.15, -0.1) is 0 Å². The van der Waals surface area contributed by atoms with E-state index in [1.165, 1.54) is 0 Å². The first kappa shape index (κ1) is 17.1. The molecule has 4 nitrogen and oxygen atoms in total. The van der Waals surface area contributed by atoms with Crippen molar-refractivity contribution in [2.45, 2.75) is 40.0 Å². The Morgan fingerprint density at radius 1 is 0.765 bits per heavy atom. The predicted octanol–water partition coefficient (Wildman–Crippen LogP) is 2.31. The first-order valence-electron chi connectivity index (χ1n) is 6.66. The average molecular weight is 263 g/mol. The molecule has 0 fully saturated rings. The summed E-state index contributed by atoms with van der Waals surface area (Å²) in [7, 11) is 1.56. The van der Waals surface area contributed by atoms with E-state index in [0.29, 0.717) is 19.8 Å². The van der Waals surface area contributed by atoms with Crippen LogP contribution in [0.3, 0.4) is 0 Å². The van der Waals surface area contributed by atoms with Crippen molar-refractivity contribution in [3.8, 4) is 0 Å². The normalized spacial score (nSPS) is 12.4. The Kier molecular flexibility index (Phi) is 10.1. The fraction of sp³-hybridized carbons (Fsp3) is 1.00. The van der Waals surface area contributed by atoms with Crippen LogP contribution < -0.4 is 0 Å². The Labute approximate surface area is 108 Å². The molecule has 0 atom stereocenters. The summed E-state index contributed by atoms with van der Waals surface area (Å²) in [6.07, 6.45) is 3.74. The lowest BCUT2D eigenvalue weighted by Gasteiger charge is -2.31. The van der Waals surface area contributed by atoms with Gasteiger partial charge in [-0.3, -0.25) is 0 Å². The van der Waals surface area contributed by atoms with E-state index < -0.39 is 8.80 Å².